The first kappa shape index (κ1) is 90.6. The lowest BCUT2D eigenvalue weighted by atomic mass is 10.0. The molecule has 0 N–H and O–H groups in total. The van der Waals surface area contributed by atoms with E-state index in [2.05, 4.69) is 285 Å². The molecule has 0 amide bonds. The van der Waals surface area contributed by atoms with Crippen LogP contribution in [0.4, 0.5) is 51.2 Å². The minimum atomic E-state index is 0.161. The van der Waals surface area contributed by atoms with E-state index < -0.39 is 0 Å². The summed E-state index contributed by atoms with van der Waals surface area (Å²) in [7, 11) is 12.1. The molecule has 0 saturated heterocycles. The Kier molecular flexibility index (Phi) is 46.0. The molecule has 0 saturated carbocycles. The summed E-state index contributed by atoms with van der Waals surface area (Å²) >= 11 is 0. The van der Waals surface area contributed by atoms with Crippen LogP contribution in [-0.2, 0) is 23.7 Å². The smallest absolute Gasteiger partial charge is 0.119 e. The third-order valence-electron chi connectivity index (χ3n) is 18.2. The first-order valence-electron chi connectivity index (χ1n) is 39.6. The molecule has 0 aliphatic carbocycles. The molecule has 0 fully saturated rings. The lowest BCUT2D eigenvalue weighted by Gasteiger charge is -2.38. The summed E-state index contributed by atoms with van der Waals surface area (Å²) < 4.78 is 47.8. The highest BCUT2D eigenvalue weighted by atomic mass is 16.5. The fraction of sp³-hybridized carbons (Fsp3) is 0.432. The Morgan fingerprint density at radius 2 is 0.468 bits per heavy atom. The van der Waals surface area contributed by atoms with Crippen LogP contribution in [-0.4, -0.2) is 134 Å². The number of nitrogens with zero attached hydrogens (tertiary/aromatic N) is 5. The molecule has 0 unspecified atom stereocenters. The second kappa shape index (κ2) is 55.4. The molecule has 0 aliphatic heterocycles. The summed E-state index contributed by atoms with van der Waals surface area (Å²) in [5.41, 5.74) is 13.7. The van der Waals surface area contributed by atoms with Crippen molar-refractivity contribution in [2.24, 2.45) is 0 Å². The molecule has 14 nitrogen and oxygen atoms in total. The Balaban J connectivity index is 0.000000247. The fourth-order valence-corrected chi connectivity index (χ4v) is 12.0. The average molecular weight is 1490 g/mol. The number of hydrogen-bond donors (Lipinski definition) is 0. The first-order chi connectivity index (χ1) is 53.2. The van der Waals surface area contributed by atoms with E-state index in [0.717, 1.165) is 197 Å². The number of anilines is 9. The van der Waals surface area contributed by atoms with Gasteiger partial charge in [0.25, 0.3) is 0 Å². The number of para-hydroxylation sites is 3. The van der Waals surface area contributed by atoms with E-state index in [4.69, 9.17) is 42.6 Å². The SMILES string of the molecule is CCCCOc1ccc(N(CCCCOC)c2ccc(OCCCC)cc2)cc1.COCCCCN(c1ccc(C)cc1)c1ccc(C)cc1.COCCCCN(c1ccc(OC)cc1)c1ccc(OC)cc1.COCCCCN(c1ccccc1)C(C)(C)C.COCCCCN(c1ccccc1)c1ccccc1. The van der Waals surface area contributed by atoms with Gasteiger partial charge in [0, 0.05) is 158 Å². The van der Waals surface area contributed by atoms with Crippen LogP contribution in [0.5, 0.6) is 23.0 Å². The Morgan fingerprint density at radius 3 is 0.706 bits per heavy atom. The monoisotopic (exact) mass is 1490 g/mol. The zero-order valence-corrected chi connectivity index (χ0v) is 68.8. The average Bonchev–Trinajstić information content (AvgIpc) is 0.872. The number of benzene rings is 9. The highest BCUT2D eigenvalue weighted by Crippen LogP contribution is 2.33. The van der Waals surface area contributed by atoms with Gasteiger partial charge in [0.2, 0.25) is 0 Å². The third-order valence-corrected chi connectivity index (χ3v) is 18.2. The van der Waals surface area contributed by atoms with Crippen LogP contribution in [0.15, 0.2) is 237 Å². The minimum Gasteiger partial charge on any atom is -0.497 e. The largest absolute Gasteiger partial charge is 0.497 e. The summed E-state index contributed by atoms with van der Waals surface area (Å²) in [4.78, 5) is 11.8. The first-order valence-corrected chi connectivity index (χ1v) is 39.6. The summed E-state index contributed by atoms with van der Waals surface area (Å²) in [6, 6.07) is 82.3. The number of hydrogen-bond acceptors (Lipinski definition) is 14. The van der Waals surface area contributed by atoms with E-state index in [0.29, 0.717) is 0 Å². The van der Waals surface area contributed by atoms with Gasteiger partial charge in [0.15, 0.2) is 0 Å². The van der Waals surface area contributed by atoms with Crippen LogP contribution in [0, 0.1) is 13.8 Å². The number of ether oxygens (including phenoxy) is 9. The topological polar surface area (TPSA) is 99.3 Å². The second-order valence-electron chi connectivity index (χ2n) is 27.9. The molecule has 0 radical (unpaired) electrons. The van der Waals surface area contributed by atoms with E-state index in [1.807, 2.05) is 24.3 Å². The van der Waals surface area contributed by atoms with Gasteiger partial charge in [0.1, 0.15) is 23.0 Å². The highest BCUT2D eigenvalue weighted by molar-refractivity contribution is 5.67. The number of methoxy groups -OCH3 is 7. The van der Waals surface area contributed by atoms with Crippen molar-refractivity contribution < 1.29 is 42.6 Å². The van der Waals surface area contributed by atoms with Crippen LogP contribution in [0.25, 0.3) is 0 Å². The van der Waals surface area contributed by atoms with Crippen molar-refractivity contribution in [3.8, 4) is 23.0 Å². The summed E-state index contributed by atoms with van der Waals surface area (Å²) in [6.45, 7) is 26.0. The van der Waals surface area contributed by atoms with Crippen LogP contribution in [0.1, 0.15) is 136 Å². The van der Waals surface area contributed by atoms with Crippen molar-refractivity contribution >= 4 is 51.2 Å². The minimum absolute atomic E-state index is 0.161. The van der Waals surface area contributed by atoms with Gasteiger partial charge in [-0.25, -0.2) is 0 Å². The second-order valence-corrected chi connectivity index (χ2v) is 27.9. The highest BCUT2D eigenvalue weighted by Gasteiger charge is 2.21. The van der Waals surface area contributed by atoms with E-state index in [9.17, 15) is 0 Å². The molecule has 0 aliphatic rings. The number of rotatable bonds is 44. The van der Waals surface area contributed by atoms with E-state index >= 15 is 0 Å². The lowest BCUT2D eigenvalue weighted by molar-refractivity contribution is 0.192. The third kappa shape index (κ3) is 35.9. The molecule has 0 aromatic heterocycles. The van der Waals surface area contributed by atoms with Crippen molar-refractivity contribution in [2.75, 3.05) is 153 Å². The normalized spacial score (nSPS) is 10.7. The van der Waals surface area contributed by atoms with Crippen LogP contribution in [0.3, 0.4) is 0 Å². The molecular formula is C95H133N5O9. The van der Waals surface area contributed by atoms with Gasteiger partial charge in [-0.05, 0) is 269 Å². The van der Waals surface area contributed by atoms with E-state index in [1.54, 1.807) is 49.8 Å². The van der Waals surface area contributed by atoms with E-state index in [-0.39, 0.29) is 5.54 Å². The predicted molar refractivity (Wildman–Crippen MR) is 462 cm³/mol. The molecule has 9 aromatic rings. The molecule has 0 bridgehead atoms. The lowest BCUT2D eigenvalue weighted by Crippen LogP contribution is -2.42. The molecule has 14 heteroatoms. The van der Waals surface area contributed by atoms with Crippen LogP contribution in [0.2, 0.25) is 0 Å². The Bertz CT molecular complexity index is 3440. The quantitative estimate of drug-likeness (QED) is 0.0339. The molecule has 0 heterocycles. The Morgan fingerprint density at radius 1 is 0.239 bits per heavy atom. The van der Waals surface area contributed by atoms with Crippen molar-refractivity contribution in [3.05, 3.63) is 248 Å². The molecule has 9 aromatic carbocycles. The van der Waals surface area contributed by atoms with Crippen LogP contribution >= 0.6 is 0 Å². The summed E-state index contributed by atoms with van der Waals surface area (Å²) in [6.07, 6.45) is 15.4. The number of aryl methyl sites for hydroxylation is 2. The van der Waals surface area contributed by atoms with Gasteiger partial charge >= 0.3 is 0 Å². The van der Waals surface area contributed by atoms with Crippen LogP contribution < -0.4 is 43.4 Å². The van der Waals surface area contributed by atoms with Gasteiger partial charge in [-0.1, -0.05) is 117 Å². The van der Waals surface area contributed by atoms with Gasteiger partial charge in [-0.3, -0.25) is 0 Å². The van der Waals surface area contributed by atoms with Gasteiger partial charge in [-0.15, -0.1) is 0 Å². The summed E-state index contributed by atoms with van der Waals surface area (Å²) in [5.74, 6) is 3.59. The standard InChI is InChI=1S/C25H37NO3.C19H25NO3.C19H25NO.C17H21NO.C15H25NO/c1-4-6-20-28-24-14-10-22(11-15-24)26(18-8-9-19-27-3)23-12-16-25(17-13-23)29-21-7-5-2;1-21-15-5-4-14-20(16-6-10-18(22-2)11-7-16)17-8-12-19(23-3)13-9-17;1-16-6-10-18(11-7-16)20(14-4-5-15-21-3)19-12-8-17(2)9-13-19;1-19-15-9-8-14-18(16-10-4-2-5-11-16)17-12-6-3-7-13-17;1-15(2,3)16(12-8-9-13-17-4)14-10-6-5-7-11-14/h10-17H,4-9,18-21H2,1-3H3;6-13H,4-5,14-15H2,1-3H3;6-13H,4-5,14-15H2,1-3H3;2-7,10-13H,8-9,14-15H2,1H3;5-7,10-11H,8-9,12-13H2,1-4H3. The van der Waals surface area contributed by atoms with Crippen molar-refractivity contribution in [2.45, 2.75) is 144 Å². The zero-order chi connectivity index (χ0) is 78.4. The Labute approximate surface area is 658 Å². The maximum Gasteiger partial charge on any atom is 0.119 e. The number of unbranched alkanes of at least 4 members (excludes halogenated alkanes) is 7. The molecule has 592 valence electrons. The van der Waals surface area contributed by atoms with E-state index in [1.165, 1.54) is 57.4 Å². The molecular weight excluding hydrogens is 1360 g/mol. The predicted octanol–water partition coefficient (Wildman–Crippen LogP) is 23.7. The van der Waals surface area contributed by atoms with Crippen molar-refractivity contribution in [3.63, 3.8) is 0 Å². The van der Waals surface area contributed by atoms with Gasteiger partial charge in [0.05, 0.1) is 27.4 Å². The molecule has 0 spiro atoms. The van der Waals surface area contributed by atoms with Gasteiger partial charge < -0.3 is 67.1 Å². The van der Waals surface area contributed by atoms with Gasteiger partial charge in [-0.2, -0.15) is 0 Å². The molecule has 9 rings (SSSR count). The fourth-order valence-electron chi connectivity index (χ4n) is 12.0. The molecule has 0 atom stereocenters. The maximum absolute atomic E-state index is 5.81. The molecule has 109 heavy (non-hydrogen) atoms. The summed E-state index contributed by atoms with van der Waals surface area (Å²) in [5, 5.41) is 0. The maximum atomic E-state index is 5.81. The van der Waals surface area contributed by atoms with Crippen molar-refractivity contribution in [1.82, 2.24) is 0 Å². The Hall–Kier alpha value is -9.02. The van der Waals surface area contributed by atoms with Crippen molar-refractivity contribution in [1.29, 1.82) is 0 Å². The zero-order valence-electron chi connectivity index (χ0n) is 68.8.